The van der Waals surface area contributed by atoms with Crippen LogP contribution in [0.1, 0.15) is 10.4 Å². The summed E-state index contributed by atoms with van der Waals surface area (Å²) in [5.74, 6) is -13.1. The van der Waals surface area contributed by atoms with Gasteiger partial charge in [0.1, 0.15) is 18.3 Å². The summed E-state index contributed by atoms with van der Waals surface area (Å²) in [5, 5.41) is 69.8. The highest BCUT2D eigenvalue weighted by Crippen LogP contribution is 2.27. The summed E-state index contributed by atoms with van der Waals surface area (Å²) in [7, 11) is 0. The zero-order valence-electron chi connectivity index (χ0n) is 26.2. The lowest BCUT2D eigenvalue weighted by atomic mass is 10.0. The third-order valence-corrected chi connectivity index (χ3v) is 6.84. The molecule has 0 aliphatic heterocycles. The summed E-state index contributed by atoms with van der Waals surface area (Å²) in [6.45, 7) is -7.56. The quantitative estimate of drug-likeness (QED) is 0.0995. The molecule has 1 amide bonds. The monoisotopic (exact) mass is 698 g/mol. The number of ether oxygens (including phenoxy) is 1. The standard InChI is InChI=1S/C31H36N4O15/c36-23(31(48)49)11-32-30(47)22-10-20(19-4-2-1-3-5-19)6-7-24(22)50-18-21(35(16-28(43)44)17-29(45)46)12-33(13-25(37)38)8-9-34(14-26(39)40)15-27(41)42/h1-7,10,21H,8-9,11-18H2,(H,32,47)(H,37,38)(H,39,40)(H,41,42)(H,43,44)(H,45,46)(H,48,49)/p-6. The van der Waals surface area contributed by atoms with Crippen molar-refractivity contribution in [3.05, 3.63) is 54.1 Å². The Kier molecular flexibility index (Phi) is 15.9. The molecular formula is C31H30N4O15-6. The molecule has 1 unspecified atom stereocenters. The maximum absolute atomic E-state index is 13.1. The van der Waals surface area contributed by atoms with Gasteiger partial charge in [0.05, 0.1) is 48.0 Å². The molecular weight excluding hydrogens is 668 g/mol. The van der Waals surface area contributed by atoms with Gasteiger partial charge in [0.15, 0.2) is 5.78 Å². The van der Waals surface area contributed by atoms with Crippen molar-refractivity contribution >= 4 is 47.5 Å². The third kappa shape index (κ3) is 14.5. The molecule has 2 rings (SSSR count). The van der Waals surface area contributed by atoms with Crippen LogP contribution in [0, 0.1) is 0 Å². The molecule has 50 heavy (non-hydrogen) atoms. The number of nitrogens with zero attached hydrogens (tertiary/aromatic N) is 3. The predicted molar refractivity (Wildman–Crippen MR) is 153 cm³/mol. The number of hydrogen-bond donors (Lipinski definition) is 1. The minimum atomic E-state index is -2.05. The van der Waals surface area contributed by atoms with Gasteiger partial charge in [0.2, 0.25) is 0 Å². The van der Waals surface area contributed by atoms with Crippen molar-refractivity contribution in [1.82, 2.24) is 20.0 Å². The first-order valence-corrected chi connectivity index (χ1v) is 14.6. The molecule has 19 heteroatoms. The lowest BCUT2D eigenvalue weighted by Crippen LogP contribution is -2.56. The minimum Gasteiger partial charge on any atom is -0.549 e. The minimum absolute atomic E-state index is 0.213. The topological polar surface area (TPSA) is 306 Å². The lowest BCUT2D eigenvalue weighted by molar-refractivity contribution is -0.313. The number of carbonyl (C=O) groups is 8. The Labute approximate surface area is 283 Å². The number of carboxylic acids is 6. The molecule has 0 saturated carbocycles. The Balaban J connectivity index is 2.49. The molecule has 0 saturated heterocycles. The summed E-state index contributed by atoms with van der Waals surface area (Å²) in [6, 6.07) is 11.4. The van der Waals surface area contributed by atoms with Gasteiger partial charge in [0, 0.05) is 52.4 Å². The molecule has 0 radical (unpaired) electrons. The number of Topliss-reactive ketones (excluding diaryl/α,β-unsaturated/α-hetero) is 1. The van der Waals surface area contributed by atoms with Crippen molar-refractivity contribution < 1.29 is 73.7 Å². The van der Waals surface area contributed by atoms with Crippen LogP contribution >= 0.6 is 0 Å². The van der Waals surface area contributed by atoms with Crippen LogP contribution in [-0.4, -0.2) is 134 Å². The number of carboxylic acid groups (broad SMARTS) is 6. The number of aliphatic carboxylic acids is 6. The van der Waals surface area contributed by atoms with Crippen LogP contribution in [0.25, 0.3) is 11.1 Å². The Bertz CT molecular complexity index is 1530. The van der Waals surface area contributed by atoms with Crippen molar-refractivity contribution in [2.75, 3.05) is 65.5 Å². The lowest BCUT2D eigenvalue weighted by Gasteiger charge is -2.37. The summed E-state index contributed by atoms with van der Waals surface area (Å²) >= 11 is 0. The van der Waals surface area contributed by atoms with E-state index >= 15 is 0 Å². The largest absolute Gasteiger partial charge is 0.549 e. The predicted octanol–water partition coefficient (Wildman–Crippen LogP) is -9.19. The van der Waals surface area contributed by atoms with Gasteiger partial charge in [-0.1, -0.05) is 36.4 Å². The molecule has 0 heterocycles. The van der Waals surface area contributed by atoms with Gasteiger partial charge in [-0.15, -0.1) is 0 Å². The molecule has 0 spiro atoms. The van der Waals surface area contributed by atoms with Crippen molar-refractivity contribution in [3.63, 3.8) is 0 Å². The molecule has 1 N–H and O–H groups in total. The fourth-order valence-electron chi connectivity index (χ4n) is 4.65. The van der Waals surface area contributed by atoms with E-state index in [4.69, 9.17) is 4.74 Å². The summed E-state index contributed by atoms with van der Waals surface area (Å²) in [5.41, 5.74) is 0.865. The van der Waals surface area contributed by atoms with Gasteiger partial charge in [-0.3, -0.25) is 24.3 Å². The van der Waals surface area contributed by atoms with Gasteiger partial charge >= 0.3 is 0 Å². The van der Waals surface area contributed by atoms with E-state index in [0.29, 0.717) is 11.1 Å². The van der Waals surface area contributed by atoms with Crippen molar-refractivity contribution in [2.24, 2.45) is 0 Å². The second-order valence-electron chi connectivity index (χ2n) is 10.6. The molecule has 0 fully saturated rings. The number of nitrogens with one attached hydrogen (secondary N) is 1. The van der Waals surface area contributed by atoms with Gasteiger partial charge in [-0.05, 0) is 23.3 Å². The van der Waals surface area contributed by atoms with Crippen LogP contribution in [0.2, 0.25) is 0 Å². The molecule has 2 aromatic rings. The zero-order valence-corrected chi connectivity index (χ0v) is 26.2. The second kappa shape index (κ2) is 19.8. The Morgan fingerprint density at radius 2 is 1.16 bits per heavy atom. The van der Waals surface area contributed by atoms with Crippen LogP contribution < -0.4 is 40.7 Å². The van der Waals surface area contributed by atoms with Crippen molar-refractivity contribution in [1.29, 1.82) is 0 Å². The normalized spacial score (nSPS) is 11.6. The van der Waals surface area contributed by atoms with Crippen LogP contribution in [0.3, 0.4) is 0 Å². The van der Waals surface area contributed by atoms with Crippen LogP contribution in [0.5, 0.6) is 5.75 Å². The summed E-state index contributed by atoms with van der Waals surface area (Å²) in [6.07, 6.45) is 0. The average molecular weight is 699 g/mol. The van der Waals surface area contributed by atoms with Crippen LogP contribution in [0.15, 0.2) is 48.5 Å². The highest BCUT2D eigenvalue weighted by atomic mass is 16.5. The Morgan fingerprint density at radius 3 is 1.68 bits per heavy atom. The highest BCUT2D eigenvalue weighted by molar-refractivity contribution is 6.33. The molecule has 0 aliphatic carbocycles. The molecule has 0 bridgehead atoms. The second-order valence-corrected chi connectivity index (χ2v) is 10.6. The maximum Gasteiger partial charge on any atom is 0.255 e. The van der Waals surface area contributed by atoms with Gasteiger partial charge in [-0.25, -0.2) is 0 Å². The third-order valence-electron chi connectivity index (χ3n) is 6.84. The first-order chi connectivity index (χ1) is 23.5. The molecule has 270 valence electrons. The SMILES string of the molecule is O=C([O-])CN(CCN(CC(=O)[O-])CC(COc1ccc(-c2ccccc2)cc1C(=O)NCC(=O)C(=O)[O-])N(CC(=O)[O-])CC(=O)[O-])CC(=O)[O-]. The van der Waals surface area contributed by atoms with Crippen LogP contribution in [-0.2, 0) is 33.6 Å². The smallest absolute Gasteiger partial charge is 0.255 e. The molecule has 2 aromatic carbocycles. The van der Waals surface area contributed by atoms with E-state index in [-0.39, 0.29) is 24.4 Å². The number of rotatable bonds is 24. The first-order valence-electron chi connectivity index (χ1n) is 14.6. The molecule has 1 atom stereocenters. The summed E-state index contributed by atoms with van der Waals surface area (Å²) in [4.78, 5) is 95.1. The number of hydrogen-bond acceptors (Lipinski definition) is 18. The van der Waals surface area contributed by atoms with Crippen molar-refractivity contribution in [2.45, 2.75) is 6.04 Å². The Morgan fingerprint density at radius 1 is 0.640 bits per heavy atom. The Hall–Kier alpha value is -5.92. The fourth-order valence-corrected chi connectivity index (χ4v) is 4.65. The van der Waals surface area contributed by atoms with Crippen LogP contribution in [0.4, 0.5) is 0 Å². The average Bonchev–Trinajstić information content (AvgIpc) is 3.02. The number of carbonyl (C=O) groups excluding carboxylic acids is 8. The highest BCUT2D eigenvalue weighted by Gasteiger charge is 2.25. The number of benzene rings is 2. The summed E-state index contributed by atoms with van der Waals surface area (Å²) < 4.78 is 5.83. The van der Waals surface area contributed by atoms with E-state index in [1.54, 1.807) is 30.3 Å². The number of amides is 1. The first kappa shape index (κ1) is 40.3. The van der Waals surface area contributed by atoms with E-state index in [9.17, 15) is 69.0 Å². The molecule has 0 aromatic heterocycles. The van der Waals surface area contributed by atoms with E-state index < -0.39 is 106 Å². The molecule has 0 aliphatic rings. The van der Waals surface area contributed by atoms with Gasteiger partial charge < -0.3 is 69.5 Å². The number of ketones is 1. The molecule has 19 nitrogen and oxygen atoms in total. The fraction of sp³-hybridized carbons (Fsp3) is 0.355. The van der Waals surface area contributed by atoms with E-state index in [0.717, 1.165) is 14.7 Å². The maximum atomic E-state index is 13.1. The van der Waals surface area contributed by atoms with Crippen molar-refractivity contribution in [3.8, 4) is 16.9 Å². The van der Waals surface area contributed by atoms with E-state index in [1.165, 1.54) is 18.2 Å². The van der Waals surface area contributed by atoms with E-state index in [1.807, 2.05) is 0 Å². The van der Waals surface area contributed by atoms with Gasteiger partial charge in [-0.2, -0.15) is 0 Å². The van der Waals surface area contributed by atoms with E-state index in [2.05, 4.69) is 5.32 Å². The van der Waals surface area contributed by atoms with Gasteiger partial charge in [0.25, 0.3) is 5.91 Å². The zero-order chi connectivity index (χ0) is 37.4.